The first-order valence-corrected chi connectivity index (χ1v) is 9.64. The first-order valence-electron chi connectivity index (χ1n) is 8.20. The molecule has 1 aliphatic heterocycles. The molecule has 2 aromatic carbocycles. The minimum Gasteiger partial charge on any atom is -0.348 e. The topological polar surface area (TPSA) is 66.5 Å². The minimum absolute atomic E-state index is 0.112. The Bertz CT molecular complexity index is 888. The molecule has 5 nitrogen and oxygen atoms in total. The monoisotopic (exact) mass is 380 g/mol. The van der Waals surface area contributed by atoms with Gasteiger partial charge in [0.05, 0.1) is 4.90 Å². The largest absolute Gasteiger partial charge is 0.348 e. The van der Waals surface area contributed by atoms with Crippen molar-refractivity contribution in [1.82, 2.24) is 9.62 Å². The second kappa shape index (κ2) is 7.51. The zero-order valence-electron chi connectivity index (χ0n) is 13.9. The molecular weight excluding hydrogens is 362 g/mol. The molecule has 1 N–H and O–H groups in total. The van der Waals surface area contributed by atoms with E-state index in [1.807, 2.05) is 0 Å². The van der Waals surface area contributed by atoms with E-state index in [1.54, 1.807) is 12.1 Å². The van der Waals surface area contributed by atoms with Crippen LogP contribution in [0.5, 0.6) is 0 Å². The molecule has 0 unspecified atom stereocenters. The highest BCUT2D eigenvalue weighted by Crippen LogP contribution is 2.21. The molecule has 0 atom stereocenters. The molecule has 1 aliphatic rings. The highest BCUT2D eigenvalue weighted by atomic mass is 32.2. The molecule has 0 saturated carbocycles. The van der Waals surface area contributed by atoms with Crippen molar-refractivity contribution in [2.24, 2.45) is 0 Å². The summed E-state index contributed by atoms with van der Waals surface area (Å²) in [4.78, 5) is 12.2. The van der Waals surface area contributed by atoms with Crippen molar-refractivity contribution >= 4 is 15.9 Å². The number of nitrogens with one attached hydrogen (secondary N) is 1. The first-order chi connectivity index (χ1) is 12.4. The Morgan fingerprint density at radius 3 is 2.15 bits per heavy atom. The summed E-state index contributed by atoms with van der Waals surface area (Å²) in [5.41, 5.74) is 0.561. The van der Waals surface area contributed by atoms with Crippen LogP contribution >= 0.6 is 0 Å². The Hall–Kier alpha value is -2.32. The average Bonchev–Trinajstić information content (AvgIpc) is 3.14. The van der Waals surface area contributed by atoms with E-state index in [2.05, 4.69) is 5.32 Å². The smallest absolute Gasteiger partial charge is 0.251 e. The molecule has 2 aromatic rings. The number of carbonyl (C=O) groups is 1. The van der Waals surface area contributed by atoms with Crippen LogP contribution in [0.25, 0.3) is 0 Å². The summed E-state index contributed by atoms with van der Waals surface area (Å²) in [6, 6.07) is 8.80. The number of carbonyl (C=O) groups excluding carboxylic acids is 1. The molecule has 3 rings (SSSR count). The summed E-state index contributed by atoms with van der Waals surface area (Å²) < 4.78 is 52.7. The first kappa shape index (κ1) is 18.5. The predicted molar refractivity (Wildman–Crippen MR) is 92.0 cm³/mol. The summed E-state index contributed by atoms with van der Waals surface area (Å²) in [5, 5.41) is 2.55. The lowest BCUT2D eigenvalue weighted by atomic mass is 10.2. The molecule has 0 bridgehead atoms. The van der Waals surface area contributed by atoms with Gasteiger partial charge in [-0.25, -0.2) is 17.2 Å². The number of halogens is 2. The van der Waals surface area contributed by atoms with Crippen LogP contribution in [0.1, 0.15) is 28.8 Å². The molecule has 0 aromatic heterocycles. The van der Waals surface area contributed by atoms with E-state index in [4.69, 9.17) is 0 Å². The van der Waals surface area contributed by atoms with Gasteiger partial charge in [-0.05, 0) is 42.7 Å². The zero-order chi connectivity index (χ0) is 18.7. The van der Waals surface area contributed by atoms with E-state index in [0.717, 1.165) is 25.0 Å². The van der Waals surface area contributed by atoms with Crippen molar-refractivity contribution in [1.29, 1.82) is 0 Å². The van der Waals surface area contributed by atoms with Gasteiger partial charge in [-0.2, -0.15) is 4.31 Å². The fraction of sp³-hybridized carbons (Fsp3) is 0.278. The Labute approximate surface area is 150 Å². The molecule has 8 heteroatoms. The number of sulfonamides is 1. The van der Waals surface area contributed by atoms with Crippen LogP contribution < -0.4 is 5.32 Å². The molecule has 0 aliphatic carbocycles. The lowest BCUT2D eigenvalue weighted by molar-refractivity contribution is 0.0950. The minimum atomic E-state index is -3.48. The quantitative estimate of drug-likeness (QED) is 0.867. The van der Waals surface area contributed by atoms with Crippen molar-refractivity contribution in [3.8, 4) is 0 Å². The third kappa shape index (κ3) is 4.08. The summed E-state index contributed by atoms with van der Waals surface area (Å²) in [6.07, 6.45) is 1.73. The van der Waals surface area contributed by atoms with Gasteiger partial charge in [0.25, 0.3) is 5.91 Å². The highest BCUT2D eigenvalue weighted by Gasteiger charge is 2.26. The van der Waals surface area contributed by atoms with E-state index < -0.39 is 27.6 Å². The van der Waals surface area contributed by atoms with Crippen molar-refractivity contribution in [2.45, 2.75) is 24.3 Å². The Morgan fingerprint density at radius 2 is 1.58 bits per heavy atom. The van der Waals surface area contributed by atoms with Crippen LogP contribution in [0.3, 0.4) is 0 Å². The lowest BCUT2D eigenvalue weighted by Crippen LogP contribution is -2.28. The molecule has 1 fully saturated rings. The van der Waals surface area contributed by atoms with Gasteiger partial charge >= 0.3 is 0 Å². The second-order valence-corrected chi connectivity index (χ2v) is 8.03. The Kier molecular flexibility index (Phi) is 5.33. The lowest BCUT2D eigenvalue weighted by Gasteiger charge is -2.15. The van der Waals surface area contributed by atoms with Crippen LogP contribution in [0, 0.1) is 11.6 Å². The maximum Gasteiger partial charge on any atom is 0.251 e. The molecule has 1 amide bonds. The van der Waals surface area contributed by atoms with Crippen LogP contribution in [-0.4, -0.2) is 31.7 Å². The van der Waals surface area contributed by atoms with E-state index in [-0.39, 0.29) is 17.0 Å². The van der Waals surface area contributed by atoms with Gasteiger partial charge in [-0.3, -0.25) is 4.79 Å². The number of amides is 1. The standard InChI is InChI=1S/C18H18F2N2O3S/c19-15-9-14(10-16(20)11-15)18(23)21-12-13-3-5-17(6-4-13)26(24,25)22-7-1-2-8-22/h3-6,9-11H,1-2,7-8,12H2,(H,21,23). The van der Waals surface area contributed by atoms with Crippen LogP contribution in [0.4, 0.5) is 8.78 Å². The van der Waals surface area contributed by atoms with Crippen LogP contribution in [-0.2, 0) is 16.6 Å². The molecular formula is C18H18F2N2O3S. The van der Waals surface area contributed by atoms with Crippen molar-refractivity contribution in [3.05, 3.63) is 65.2 Å². The summed E-state index contributed by atoms with van der Waals surface area (Å²) in [7, 11) is -3.48. The zero-order valence-corrected chi connectivity index (χ0v) is 14.7. The van der Waals surface area contributed by atoms with Crippen LogP contribution in [0.2, 0.25) is 0 Å². The normalized spacial score (nSPS) is 15.2. The van der Waals surface area contributed by atoms with Crippen LogP contribution in [0.15, 0.2) is 47.4 Å². The molecule has 0 radical (unpaired) electrons. The number of nitrogens with zero attached hydrogens (tertiary/aromatic N) is 1. The number of hydrogen-bond acceptors (Lipinski definition) is 3. The number of rotatable bonds is 5. The Balaban J connectivity index is 1.65. The molecule has 0 spiro atoms. The van der Waals surface area contributed by atoms with E-state index in [9.17, 15) is 22.0 Å². The number of hydrogen-bond donors (Lipinski definition) is 1. The van der Waals surface area contributed by atoms with Gasteiger partial charge in [0, 0.05) is 31.3 Å². The summed E-state index contributed by atoms with van der Waals surface area (Å²) >= 11 is 0. The van der Waals surface area contributed by atoms with E-state index in [0.29, 0.717) is 24.7 Å². The van der Waals surface area contributed by atoms with Gasteiger partial charge in [0.15, 0.2) is 0 Å². The van der Waals surface area contributed by atoms with Crippen molar-refractivity contribution in [3.63, 3.8) is 0 Å². The maximum absolute atomic E-state index is 13.2. The van der Waals surface area contributed by atoms with Crippen molar-refractivity contribution in [2.75, 3.05) is 13.1 Å². The SMILES string of the molecule is O=C(NCc1ccc(S(=O)(=O)N2CCCC2)cc1)c1cc(F)cc(F)c1. The van der Waals surface area contributed by atoms with Gasteiger partial charge in [-0.15, -0.1) is 0 Å². The van der Waals surface area contributed by atoms with E-state index in [1.165, 1.54) is 16.4 Å². The maximum atomic E-state index is 13.2. The molecule has 138 valence electrons. The molecule has 1 heterocycles. The van der Waals surface area contributed by atoms with Gasteiger partial charge < -0.3 is 5.32 Å². The fourth-order valence-corrected chi connectivity index (χ4v) is 4.34. The molecule has 1 saturated heterocycles. The van der Waals surface area contributed by atoms with Gasteiger partial charge in [0.2, 0.25) is 10.0 Å². The summed E-state index contributed by atoms with van der Waals surface area (Å²) in [6.45, 7) is 1.18. The third-order valence-corrected chi connectivity index (χ3v) is 6.12. The third-order valence-electron chi connectivity index (χ3n) is 4.20. The average molecular weight is 380 g/mol. The summed E-state index contributed by atoms with van der Waals surface area (Å²) in [5.74, 6) is -2.27. The van der Waals surface area contributed by atoms with Gasteiger partial charge in [-0.1, -0.05) is 12.1 Å². The molecule has 26 heavy (non-hydrogen) atoms. The predicted octanol–water partition coefficient (Wildman–Crippen LogP) is 2.68. The second-order valence-electron chi connectivity index (χ2n) is 6.10. The van der Waals surface area contributed by atoms with E-state index >= 15 is 0 Å². The Morgan fingerprint density at radius 1 is 1.00 bits per heavy atom. The highest BCUT2D eigenvalue weighted by molar-refractivity contribution is 7.89. The fourth-order valence-electron chi connectivity index (χ4n) is 2.83. The van der Waals surface area contributed by atoms with Crippen molar-refractivity contribution < 1.29 is 22.0 Å². The van der Waals surface area contributed by atoms with Gasteiger partial charge in [0.1, 0.15) is 11.6 Å². The number of benzene rings is 2.